The van der Waals surface area contributed by atoms with Gasteiger partial charge >= 0.3 is 6.09 Å². The van der Waals surface area contributed by atoms with Gasteiger partial charge in [-0.1, -0.05) is 30.3 Å². The Morgan fingerprint density at radius 1 is 1.21 bits per heavy atom. The second kappa shape index (κ2) is 8.43. The molecule has 0 bridgehead atoms. The van der Waals surface area contributed by atoms with Crippen LogP contribution >= 0.6 is 0 Å². The maximum absolute atomic E-state index is 12.8. The summed E-state index contributed by atoms with van der Waals surface area (Å²) in [6.07, 6.45) is -0.661. The molecule has 0 aromatic heterocycles. The molecule has 1 atom stereocenters. The number of benzene rings is 2. The number of carbonyl (C=O) groups excluding carboxylic acids is 2. The van der Waals surface area contributed by atoms with Crippen molar-refractivity contribution in [1.82, 2.24) is 5.32 Å². The van der Waals surface area contributed by atoms with Crippen LogP contribution in [-0.4, -0.2) is 37.3 Å². The van der Waals surface area contributed by atoms with Gasteiger partial charge in [-0.15, -0.1) is 0 Å². The van der Waals surface area contributed by atoms with Crippen LogP contribution in [0.5, 0.6) is 11.5 Å². The van der Waals surface area contributed by atoms with Gasteiger partial charge in [0.2, 0.25) is 0 Å². The number of carbonyl (C=O) groups is 2. The average molecular weight is 398 g/mol. The van der Waals surface area contributed by atoms with Crippen molar-refractivity contribution in [1.29, 1.82) is 0 Å². The zero-order chi connectivity index (χ0) is 21.0. The van der Waals surface area contributed by atoms with E-state index in [0.717, 1.165) is 5.56 Å². The maximum atomic E-state index is 12.8. The van der Waals surface area contributed by atoms with Crippen LogP contribution in [0, 0.1) is 0 Å². The number of rotatable bonds is 4. The van der Waals surface area contributed by atoms with Crippen molar-refractivity contribution in [3.8, 4) is 11.5 Å². The lowest BCUT2D eigenvalue weighted by atomic mass is 10.2. The third-order valence-corrected chi connectivity index (χ3v) is 4.27. The summed E-state index contributed by atoms with van der Waals surface area (Å²) >= 11 is 0. The van der Waals surface area contributed by atoms with Gasteiger partial charge in [-0.3, -0.25) is 4.79 Å². The van der Waals surface area contributed by atoms with Crippen molar-refractivity contribution in [2.24, 2.45) is 0 Å². The Labute approximate surface area is 170 Å². The lowest BCUT2D eigenvalue weighted by molar-refractivity contribution is -0.120. The van der Waals surface area contributed by atoms with Gasteiger partial charge in [-0.2, -0.15) is 0 Å². The predicted molar refractivity (Wildman–Crippen MR) is 109 cm³/mol. The Morgan fingerprint density at radius 2 is 1.93 bits per heavy atom. The molecule has 7 nitrogen and oxygen atoms in total. The second-order valence-corrected chi connectivity index (χ2v) is 7.81. The van der Waals surface area contributed by atoms with Crippen LogP contribution < -0.4 is 19.7 Å². The minimum absolute atomic E-state index is 0.0135. The number of hydrogen-bond donors (Lipinski definition) is 1. The molecule has 154 valence electrons. The molecular formula is C22H26N2O5. The first-order valence-electron chi connectivity index (χ1n) is 9.43. The Kier molecular flexibility index (Phi) is 5.96. The minimum atomic E-state index is -0.851. The molecule has 1 N–H and O–H groups in total. The van der Waals surface area contributed by atoms with Crippen molar-refractivity contribution in [3.63, 3.8) is 0 Å². The van der Waals surface area contributed by atoms with Crippen LogP contribution in [0.15, 0.2) is 48.5 Å². The average Bonchev–Trinajstić information content (AvgIpc) is 2.78. The molecule has 3 rings (SSSR count). The first-order valence-corrected chi connectivity index (χ1v) is 9.43. The Morgan fingerprint density at radius 3 is 2.62 bits per heavy atom. The van der Waals surface area contributed by atoms with Crippen LogP contribution in [0.25, 0.3) is 0 Å². The molecule has 0 saturated carbocycles. The SMILES string of the molecule is CN1C(=O)[C@@H](NC(=O)OC(C)(C)C)COc2ccc(OCc3ccccc3)cc21. The number of likely N-dealkylation sites (N-methyl/N-ethyl adjacent to an activating group) is 1. The molecule has 29 heavy (non-hydrogen) atoms. The summed E-state index contributed by atoms with van der Waals surface area (Å²) in [4.78, 5) is 26.4. The zero-order valence-electron chi connectivity index (χ0n) is 17.1. The van der Waals surface area contributed by atoms with Gasteiger partial charge in [0.25, 0.3) is 5.91 Å². The molecule has 2 amide bonds. The number of nitrogens with zero attached hydrogens (tertiary/aromatic N) is 1. The number of anilines is 1. The van der Waals surface area contributed by atoms with Crippen LogP contribution in [-0.2, 0) is 16.1 Å². The van der Waals surface area contributed by atoms with Crippen molar-refractivity contribution >= 4 is 17.7 Å². The molecule has 1 aliphatic heterocycles. The highest BCUT2D eigenvalue weighted by molar-refractivity contribution is 6.00. The van der Waals surface area contributed by atoms with Crippen molar-refractivity contribution < 1.29 is 23.8 Å². The maximum Gasteiger partial charge on any atom is 0.408 e. The van der Waals surface area contributed by atoms with Gasteiger partial charge in [-0.25, -0.2) is 4.79 Å². The third kappa shape index (κ3) is 5.40. The van der Waals surface area contributed by atoms with Gasteiger partial charge < -0.3 is 24.4 Å². The van der Waals surface area contributed by atoms with E-state index in [1.54, 1.807) is 46.0 Å². The summed E-state index contributed by atoms with van der Waals surface area (Å²) in [5.74, 6) is 0.866. The summed E-state index contributed by atoms with van der Waals surface area (Å²) in [5.41, 5.74) is 0.970. The van der Waals surface area contributed by atoms with Crippen molar-refractivity contribution in [3.05, 3.63) is 54.1 Å². The van der Waals surface area contributed by atoms with E-state index in [9.17, 15) is 9.59 Å². The first-order chi connectivity index (χ1) is 13.7. The minimum Gasteiger partial charge on any atom is -0.489 e. The molecule has 1 aliphatic rings. The largest absolute Gasteiger partial charge is 0.489 e. The molecule has 2 aromatic carbocycles. The Bertz CT molecular complexity index is 877. The highest BCUT2D eigenvalue weighted by Crippen LogP contribution is 2.34. The number of nitrogens with one attached hydrogen (secondary N) is 1. The van der Waals surface area contributed by atoms with E-state index in [1.165, 1.54) is 4.90 Å². The van der Waals surface area contributed by atoms with Gasteiger partial charge in [0.15, 0.2) is 0 Å². The highest BCUT2D eigenvalue weighted by atomic mass is 16.6. The van der Waals surface area contributed by atoms with Gasteiger partial charge in [0.05, 0.1) is 5.69 Å². The molecule has 0 spiro atoms. The molecule has 0 saturated heterocycles. The standard InChI is InChI=1S/C22H26N2O5/c1-22(2,3)29-21(26)23-17-14-28-19-11-10-16(12-18(19)24(4)20(17)25)27-13-15-8-6-5-7-9-15/h5-12,17H,13-14H2,1-4H3,(H,23,26)/t17-/m0/s1. The molecule has 0 fully saturated rings. The van der Waals surface area contributed by atoms with Crippen LogP contribution in [0.1, 0.15) is 26.3 Å². The van der Waals surface area contributed by atoms with Crippen LogP contribution in [0.3, 0.4) is 0 Å². The van der Waals surface area contributed by atoms with Crippen molar-refractivity contribution in [2.75, 3.05) is 18.6 Å². The normalized spacial score (nSPS) is 16.3. The van der Waals surface area contributed by atoms with E-state index in [2.05, 4.69) is 5.32 Å². The summed E-state index contributed by atoms with van der Waals surface area (Å²) < 4.78 is 16.8. The third-order valence-electron chi connectivity index (χ3n) is 4.27. The summed E-state index contributed by atoms with van der Waals surface area (Å²) in [6.45, 7) is 5.71. The quantitative estimate of drug-likeness (QED) is 0.853. The number of hydrogen-bond acceptors (Lipinski definition) is 5. The van der Waals surface area contributed by atoms with E-state index >= 15 is 0 Å². The fraction of sp³-hybridized carbons (Fsp3) is 0.364. The summed E-state index contributed by atoms with van der Waals surface area (Å²) in [7, 11) is 1.64. The fourth-order valence-corrected chi connectivity index (χ4v) is 2.86. The summed E-state index contributed by atoms with van der Waals surface area (Å²) in [5, 5.41) is 2.58. The van der Waals surface area contributed by atoms with Gasteiger partial charge in [-0.05, 0) is 38.5 Å². The smallest absolute Gasteiger partial charge is 0.408 e. The van der Waals surface area contributed by atoms with E-state index in [-0.39, 0.29) is 12.5 Å². The molecular weight excluding hydrogens is 372 g/mol. The highest BCUT2D eigenvalue weighted by Gasteiger charge is 2.32. The fourth-order valence-electron chi connectivity index (χ4n) is 2.86. The number of ether oxygens (including phenoxy) is 3. The molecule has 1 heterocycles. The van der Waals surface area contributed by atoms with Crippen LogP contribution in [0.4, 0.5) is 10.5 Å². The number of amides is 2. The van der Waals surface area contributed by atoms with Gasteiger partial charge in [0, 0.05) is 13.1 Å². The molecule has 0 unspecified atom stereocenters. The second-order valence-electron chi connectivity index (χ2n) is 7.81. The lowest BCUT2D eigenvalue weighted by Gasteiger charge is -2.23. The van der Waals surface area contributed by atoms with E-state index in [4.69, 9.17) is 14.2 Å². The Balaban J connectivity index is 1.70. The molecule has 7 heteroatoms. The van der Waals surface area contributed by atoms with Crippen molar-refractivity contribution in [2.45, 2.75) is 39.0 Å². The van der Waals surface area contributed by atoms with Gasteiger partial charge in [0.1, 0.15) is 36.4 Å². The summed E-state index contributed by atoms with van der Waals surface area (Å²) in [6, 6.07) is 14.3. The molecule has 2 aromatic rings. The molecule has 0 aliphatic carbocycles. The molecule has 0 radical (unpaired) electrons. The Hall–Kier alpha value is -3.22. The van der Waals surface area contributed by atoms with E-state index in [1.807, 2.05) is 30.3 Å². The first kappa shape index (κ1) is 20.5. The zero-order valence-corrected chi connectivity index (χ0v) is 17.1. The topological polar surface area (TPSA) is 77.1 Å². The number of fused-ring (bicyclic) bond motifs is 1. The number of alkyl carbamates (subject to hydrolysis) is 1. The monoisotopic (exact) mass is 398 g/mol. The van der Waals surface area contributed by atoms with E-state index in [0.29, 0.717) is 23.8 Å². The van der Waals surface area contributed by atoms with E-state index < -0.39 is 17.7 Å². The van der Waals surface area contributed by atoms with Crippen LogP contribution in [0.2, 0.25) is 0 Å². The lowest BCUT2D eigenvalue weighted by Crippen LogP contribution is -2.50. The predicted octanol–water partition coefficient (Wildman–Crippen LogP) is 3.51.